The van der Waals surface area contributed by atoms with E-state index in [0.717, 1.165) is 13.2 Å². The van der Waals surface area contributed by atoms with Crippen molar-refractivity contribution in [2.75, 3.05) is 13.2 Å². The molecule has 2 nitrogen and oxygen atoms in total. The number of hydrogen-bond acceptors (Lipinski definition) is 2. The highest BCUT2D eigenvalue weighted by molar-refractivity contribution is 5.27. The molecule has 0 saturated carbocycles. The van der Waals surface area contributed by atoms with Crippen molar-refractivity contribution in [2.45, 2.75) is 37.8 Å². The Hall–Kier alpha value is -0.860. The minimum absolute atomic E-state index is 0.352. The summed E-state index contributed by atoms with van der Waals surface area (Å²) in [6, 6.07) is 9.59. The maximum Gasteiger partial charge on any atom is 0.0825 e. The van der Waals surface area contributed by atoms with E-state index in [1.807, 2.05) is 0 Å². The summed E-state index contributed by atoms with van der Waals surface area (Å²) in [4.78, 5) is 0. The van der Waals surface area contributed by atoms with Crippen molar-refractivity contribution in [1.82, 2.24) is 5.32 Å². The summed E-state index contributed by atoms with van der Waals surface area (Å²) in [6.07, 6.45) is 5.32. The third-order valence-electron chi connectivity index (χ3n) is 3.70. The minimum Gasteiger partial charge on any atom is -0.374 e. The van der Waals surface area contributed by atoms with Crippen molar-refractivity contribution in [3.63, 3.8) is 0 Å². The normalized spacial score (nSPS) is 29.8. The van der Waals surface area contributed by atoms with Crippen molar-refractivity contribution >= 4 is 0 Å². The molecule has 2 aliphatic heterocycles. The summed E-state index contributed by atoms with van der Waals surface area (Å²) in [5.74, 6) is 0. The van der Waals surface area contributed by atoms with Gasteiger partial charge < -0.3 is 10.1 Å². The first-order valence-electron chi connectivity index (χ1n) is 6.38. The highest BCUT2D eigenvalue weighted by Gasteiger charge is 2.19. The molecule has 2 fully saturated rings. The van der Waals surface area contributed by atoms with Gasteiger partial charge >= 0.3 is 0 Å². The number of nitrogens with one attached hydrogen (secondary N) is 1. The van der Waals surface area contributed by atoms with Crippen molar-refractivity contribution in [3.8, 4) is 0 Å². The lowest BCUT2D eigenvalue weighted by Gasteiger charge is -2.13. The average Bonchev–Trinajstić information content (AvgIpc) is 3.03. The Kier molecular flexibility index (Phi) is 2.94. The van der Waals surface area contributed by atoms with Gasteiger partial charge in [0.05, 0.1) is 6.10 Å². The van der Waals surface area contributed by atoms with Gasteiger partial charge in [-0.2, -0.15) is 0 Å². The predicted molar refractivity (Wildman–Crippen MR) is 64.3 cm³/mol. The van der Waals surface area contributed by atoms with Crippen molar-refractivity contribution in [1.29, 1.82) is 0 Å². The molecule has 2 unspecified atom stereocenters. The van der Waals surface area contributed by atoms with Gasteiger partial charge in [0.1, 0.15) is 0 Å². The first kappa shape index (κ1) is 10.3. The van der Waals surface area contributed by atoms with Gasteiger partial charge in [-0.25, -0.2) is 0 Å². The predicted octanol–water partition coefficient (Wildman–Crippen LogP) is 2.96. The molecule has 0 radical (unpaired) electrons. The first-order chi connectivity index (χ1) is 7.93. The fraction of sp³-hybridized carbons (Fsp3) is 0.571. The Morgan fingerprint density at radius 3 is 2.44 bits per heavy atom. The van der Waals surface area contributed by atoms with Crippen LogP contribution < -0.4 is 5.32 Å². The Morgan fingerprint density at radius 2 is 1.81 bits per heavy atom. The smallest absolute Gasteiger partial charge is 0.0825 e. The molecule has 0 amide bonds. The molecular formula is C14H19NO. The lowest BCUT2D eigenvalue weighted by molar-refractivity contribution is 0.112. The van der Waals surface area contributed by atoms with Gasteiger partial charge in [0.25, 0.3) is 0 Å². The molecule has 1 aromatic carbocycles. The summed E-state index contributed by atoms with van der Waals surface area (Å²) in [5.41, 5.74) is 2.78. The SMILES string of the molecule is c1cc(C2CCCO2)ccc1C1CCCN1. The Labute approximate surface area is 97.0 Å². The van der Waals surface area contributed by atoms with Gasteiger partial charge in [-0.3, -0.25) is 0 Å². The molecule has 2 heteroatoms. The molecule has 2 atom stereocenters. The second kappa shape index (κ2) is 4.56. The van der Waals surface area contributed by atoms with Crippen LogP contribution in [0.5, 0.6) is 0 Å². The van der Waals surface area contributed by atoms with E-state index in [4.69, 9.17) is 4.74 Å². The van der Waals surface area contributed by atoms with Crippen LogP contribution in [-0.2, 0) is 4.74 Å². The van der Waals surface area contributed by atoms with Crippen LogP contribution in [0.4, 0.5) is 0 Å². The summed E-state index contributed by atoms with van der Waals surface area (Å²) in [6.45, 7) is 2.09. The summed E-state index contributed by atoms with van der Waals surface area (Å²) in [5, 5.41) is 3.53. The third-order valence-corrected chi connectivity index (χ3v) is 3.70. The number of hydrogen-bond donors (Lipinski definition) is 1. The number of ether oxygens (including phenoxy) is 1. The molecular weight excluding hydrogens is 198 g/mol. The number of benzene rings is 1. The molecule has 86 valence electrons. The molecule has 2 heterocycles. The molecule has 0 aliphatic carbocycles. The van der Waals surface area contributed by atoms with E-state index < -0.39 is 0 Å². The van der Waals surface area contributed by atoms with Gasteiger partial charge in [0, 0.05) is 12.6 Å². The first-order valence-corrected chi connectivity index (χ1v) is 6.38. The zero-order chi connectivity index (χ0) is 10.8. The zero-order valence-corrected chi connectivity index (χ0v) is 9.61. The van der Waals surface area contributed by atoms with Crippen molar-refractivity contribution in [2.24, 2.45) is 0 Å². The fourth-order valence-corrected chi connectivity index (χ4v) is 2.75. The van der Waals surface area contributed by atoms with Crippen LogP contribution in [0.1, 0.15) is 49.0 Å². The van der Waals surface area contributed by atoms with Crippen LogP contribution in [0.3, 0.4) is 0 Å². The summed E-state index contributed by atoms with van der Waals surface area (Å²) >= 11 is 0. The quantitative estimate of drug-likeness (QED) is 0.822. The van der Waals surface area contributed by atoms with Gasteiger partial charge in [-0.05, 0) is 43.4 Å². The standard InChI is InChI=1S/C14H19NO/c1-3-13(15-9-1)11-5-7-12(8-6-11)14-4-2-10-16-14/h5-8,13-15H,1-4,9-10H2. The van der Waals surface area contributed by atoms with Crippen LogP contribution in [0.25, 0.3) is 0 Å². The van der Waals surface area contributed by atoms with E-state index in [1.165, 1.54) is 36.8 Å². The lowest BCUT2D eigenvalue weighted by Crippen LogP contribution is -2.12. The highest BCUT2D eigenvalue weighted by Crippen LogP contribution is 2.30. The summed E-state index contributed by atoms with van der Waals surface area (Å²) < 4.78 is 5.69. The molecule has 1 aromatic rings. The second-order valence-corrected chi connectivity index (χ2v) is 4.82. The van der Waals surface area contributed by atoms with Crippen LogP contribution in [0, 0.1) is 0 Å². The maximum absolute atomic E-state index is 5.69. The molecule has 0 spiro atoms. The fourth-order valence-electron chi connectivity index (χ4n) is 2.75. The third kappa shape index (κ3) is 2.00. The second-order valence-electron chi connectivity index (χ2n) is 4.82. The van der Waals surface area contributed by atoms with Gasteiger partial charge in [-0.1, -0.05) is 24.3 Å². The average molecular weight is 217 g/mol. The van der Waals surface area contributed by atoms with Crippen molar-refractivity contribution in [3.05, 3.63) is 35.4 Å². The van der Waals surface area contributed by atoms with Crippen LogP contribution >= 0.6 is 0 Å². The monoisotopic (exact) mass is 217 g/mol. The highest BCUT2D eigenvalue weighted by atomic mass is 16.5. The largest absolute Gasteiger partial charge is 0.374 e. The van der Waals surface area contributed by atoms with E-state index in [2.05, 4.69) is 29.6 Å². The Balaban J connectivity index is 1.73. The molecule has 2 saturated heterocycles. The molecule has 1 N–H and O–H groups in total. The van der Waals surface area contributed by atoms with Crippen molar-refractivity contribution < 1.29 is 4.74 Å². The molecule has 0 bridgehead atoms. The minimum atomic E-state index is 0.352. The lowest BCUT2D eigenvalue weighted by atomic mass is 10.0. The number of rotatable bonds is 2. The van der Waals surface area contributed by atoms with Crippen LogP contribution in [-0.4, -0.2) is 13.2 Å². The van der Waals surface area contributed by atoms with E-state index in [1.54, 1.807) is 0 Å². The molecule has 2 aliphatic rings. The van der Waals surface area contributed by atoms with Gasteiger partial charge in [-0.15, -0.1) is 0 Å². The summed E-state index contributed by atoms with van der Waals surface area (Å²) in [7, 11) is 0. The Morgan fingerprint density at radius 1 is 1.00 bits per heavy atom. The molecule has 3 rings (SSSR count). The van der Waals surface area contributed by atoms with Gasteiger partial charge in [0.15, 0.2) is 0 Å². The zero-order valence-electron chi connectivity index (χ0n) is 9.61. The Bertz CT molecular complexity index is 299. The van der Waals surface area contributed by atoms with Crippen LogP contribution in [0.2, 0.25) is 0 Å². The van der Waals surface area contributed by atoms with E-state index >= 15 is 0 Å². The van der Waals surface area contributed by atoms with E-state index in [0.29, 0.717) is 12.1 Å². The molecule has 0 aromatic heterocycles. The van der Waals surface area contributed by atoms with Gasteiger partial charge in [0.2, 0.25) is 0 Å². The maximum atomic E-state index is 5.69. The topological polar surface area (TPSA) is 21.3 Å². The van der Waals surface area contributed by atoms with E-state index in [-0.39, 0.29) is 0 Å². The van der Waals surface area contributed by atoms with E-state index in [9.17, 15) is 0 Å². The molecule has 16 heavy (non-hydrogen) atoms. The van der Waals surface area contributed by atoms with Crippen LogP contribution in [0.15, 0.2) is 24.3 Å².